The first-order valence-corrected chi connectivity index (χ1v) is 5.65. The normalized spacial score (nSPS) is 9.78. The van der Waals surface area contributed by atoms with Gasteiger partial charge in [0.05, 0.1) is 17.9 Å². The summed E-state index contributed by atoms with van der Waals surface area (Å²) in [6.45, 7) is 2.51. The lowest BCUT2D eigenvalue weighted by Crippen LogP contribution is -1.98. The van der Waals surface area contributed by atoms with Crippen molar-refractivity contribution in [3.8, 4) is 23.1 Å². The van der Waals surface area contributed by atoms with Crippen LogP contribution in [0.3, 0.4) is 0 Å². The molecule has 0 atom stereocenters. The number of benzene rings is 1. The molecule has 0 bridgehead atoms. The number of anilines is 1. The Labute approximate surface area is 106 Å². The third-order valence-electron chi connectivity index (χ3n) is 2.51. The maximum absolute atomic E-state index is 8.82. The van der Waals surface area contributed by atoms with Gasteiger partial charge in [0.2, 0.25) is 0 Å². The van der Waals surface area contributed by atoms with E-state index >= 15 is 0 Å². The summed E-state index contributed by atoms with van der Waals surface area (Å²) in [6, 6.07) is 13.0. The number of nitrogen functional groups attached to an aromatic ring is 1. The summed E-state index contributed by atoms with van der Waals surface area (Å²) in [7, 11) is 0. The summed E-state index contributed by atoms with van der Waals surface area (Å²) < 4.78 is 5.54. The molecule has 0 amide bonds. The summed E-state index contributed by atoms with van der Waals surface area (Å²) in [5.41, 5.74) is 7.68. The van der Waals surface area contributed by atoms with Crippen molar-refractivity contribution < 1.29 is 4.74 Å². The lowest BCUT2D eigenvalue weighted by atomic mass is 10.1. The van der Waals surface area contributed by atoms with Crippen LogP contribution in [0.4, 0.5) is 5.82 Å². The summed E-state index contributed by atoms with van der Waals surface area (Å²) >= 11 is 0. The van der Waals surface area contributed by atoms with Crippen molar-refractivity contribution in [3.05, 3.63) is 42.0 Å². The van der Waals surface area contributed by atoms with E-state index in [-0.39, 0.29) is 5.82 Å². The largest absolute Gasteiger partial charge is 0.493 e. The van der Waals surface area contributed by atoms with Crippen molar-refractivity contribution in [3.63, 3.8) is 0 Å². The second-order valence-electron chi connectivity index (χ2n) is 3.67. The zero-order chi connectivity index (χ0) is 13.0. The molecule has 4 nitrogen and oxygen atoms in total. The number of hydrogen-bond acceptors (Lipinski definition) is 4. The van der Waals surface area contributed by atoms with Crippen LogP contribution in [-0.4, -0.2) is 11.6 Å². The van der Waals surface area contributed by atoms with E-state index in [2.05, 4.69) is 4.98 Å². The van der Waals surface area contributed by atoms with Gasteiger partial charge in [0, 0.05) is 5.56 Å². The molecule has 18 heavy (non-hydrogen) atoms. The monoisotopic (exact) mass is 239 g/mol. The third-order valence-corrected chi connectivity index (χ3v) is 2.51. The fourth-order valence-corrected chi connectivity index (χ4v) is 1.68. The number of aromatic nitrogens is 1. The summed E-state index contributed by atoms with van der Waals surface area (Å²) in [5.74, 6) is 0.998. The molecule has 0 aliphatic rings. The Hall–Kier alpha value is -2.54. The first-order chi connectivity index (χ1) is 8.76. The highest BCUT2D eigenvalue weighted by Gasteiger charge is 2.08. The maximum Gasteiger partial charge on any atom is 0.142 e. The molecule has 0 aliphatic carbocycles. The summed E-state index contributed by atoms with van der Waals surface area (Å²) in [6.07, 6.45) is 0. The van der Waals surface area contributed by atoms with Gasteiger partial charge in [0.1, 0.15) is 17.6 Å². The van der Waals surface area contributed by atoms with Gasteiger partial charge in [0.25, 0.3) is 0 Å². The van der Waals surface area contributed by atoms with Crippen molar-refractivity contribution in [2.45, 2.75) is 6.92 Å². The average Bonchev–Trinajstić information content (AvgIpc) is 2.40. The number of pyridine rings is 1. The van der Waals surface area contributed by atoms with Gasteiger partial charge in [-0.25, -0.2) is 4.98 Å². The number of nitriles is 1. The Bertz CT molecular complexity index is 602. The highest BCUT2D eigenvalue weighted by Crippen LogP contribution is 2.29. The van der Waals surface area contributed by atoms with E-state index in [0.717, 1.165) is 11.3 Å². The topological polar surface area (TPSA) is 71.9 Å². The van der Waals surface area contributed by atoms with Crippen molar-refractivity contribution in [2.24, 2.45) is 0 Å². The first-order valence-electron chi connectivity index (χ1n) is 5.65. The minimum atomic E-state index is 0.237. The Morgan fingerprint density at radius 1 is 1.28 bits per heavy atom. The molecule has 0 saturated carbocycles. The summed E-state index contributed by atoms with van der Waals surface area (Å²) in [4.78, 5) is 4.23. The molecule has 1 aromatic heterocycles. The fourth-order valence-electron chi connectivity index (χ4n) is 1.68. The maximum atomic E-state index is 8.82. The number of nitrogens with zero attached hydrogens (tertiary/aromatic N) is 2. The molecule has 90 valence electrons. The number of ether oxygens (including phenoxy) is 1. The lowest BCUT2D eigenvalue weighted by molar-refractivity contribution is 0.341. The first kappa shape index (κ1) is 11.9. The minimum absolute atomic E-state index is 0.237. The molecule has 0 radical (unpaired) electrons. The van der Waals surface area contributed by atoms with Gasteiger partial charge in [-0.15, -0.1) is 0 Å². The Morgan fingerprint density at radius 2 is 2.06 bits per heavy atom. The van der Waals surface area contributed by atoms with Crippen LogP contribution in [0.15, 0.2) is 36.4 Å². The van der Waals surface area contributed by atoms with Gasteiger partial charge in [-0.05, 0) is 31.2 Å². The van der Waals surface area contributed by atoms with Gasteiger partial charge >= 0.3 is 0 Å². The Morgan fingerprint density at radius 3 is 2.72 bits per heavy atom. The molecule has 2 aromatic rings. The van der Waals surface area contributed by atoms with Crippen molar-refractivity contribution in [2.75, 3.05) is 12.3 Å². The van der Waals surface area contributed by atoms with Gasteiger partial charge in [-0.2, -0.15) is 5.26 Å². The van der Waals surface area contributed by atoms with Crippen LogP contribution in [0, 0.1) is 11.3 Å². The standard InChI is InChI=1S/C14H13N3O/c1-2-18-13-6-4-3-5-11(13)12-8-7-10(9-15)14(16)17-12/h3-8H,2H2,1H3,(H2,16,17). The highest BCUT2D eigenvalue weighted by atomic mass is 16.5. The second-order valence-corrected chi connectivity index (χ2v) is 3.67. The minimum Gasteiger partial charge on any atom is -0.493 e. The molecule has 1 aromatic carbocycles. The van der Waals surface area contributed by atoms with Crippen molar-refractivity contribution >= 4 is 5.82 Å². The molecule has 0 saturated heterocycles. The van der Waals surface area contributed by atoms with E-state index in [0.29, 0.717) is 17.9 Å². The van der Waals surface area contributed by atoms with Crippen LogP contribution in [0.25, 0.3) is 11.3 Å². The molecule has 0 aliphatic heterocycles. The fraction of sp³-hybridized carbons (Fsp3) is 0.143. The van der Waals surface area contributed by atoms with Crippen LogP contribution in [0.2, 0.25) is 0 Å². The number of nitrogens with two attached hydrogens (primary N) is 1. The molecule has 2 rings (SSSR count). The molecule has 0 spiro atoms. The molecule has 0 unspecified atom stereocenters. The van der Waals surface area contributed by atoms with Gasteiger partial charge < -0.3 is 10.5 Å². The number of para-hydroxylation sites is 1. The lowest BCUT2D eigenvalue weighted by Gasteiger charge is -2.10. The zero-order valence-electron chi connectivity index (χ0n) is 10.1. The van der Waals surface area contributed by atoms with Crippen LogP contribution in [0.1, 0.15) is 12.5 Å². The predicted octanol–water partition coefficient (Wildman–Crippen LogP) is 2.60. The average molecular weight is 239 g/mol. The predicted molar refractivity (Wildman–Crippen MR) is 70.0 cm³/mol. The third kappa shape index (κ3) is 2.25. The van der Waals surface area contributed by atoms with Gasteiger partial charge in [0.15, 0.2) is 0 Å². The van der Waals surface area contributed by atoms with Crippen LogP contribution in [0.5, 0.6) is 5.75 Å². The smallest absolute Gasteiger partial charge is 0.142 e. The number of hydrogen-bond donors (Lipinski definition) is 1. The van der Waals surface area contributed by atoms with Gasteiger partial charge in [-0.3, -0.25) is 0 Å². The molecular formula is C14H13N3O. The van der Waals surface area contributed by atoms with E-state index in [9.17, 15) is 0 Å². The second kappa shape index (κ2) is 5.19. The summed E-state index contributed by atoms with van der Waals surface area (Å²) in [5, 5.41) is 8.82. The van der Waals surface area contributed by atoms with Crippen LogP contribution in [-0.2, 0) is 0 Å². The quantitative estimate of drug-likeness (QED) is 0.893. The van der Waals surface area contributed by atoms with E-state index in [4.69, 9.17) is 15.7 Å². The van der Waals surface area contributed by atoms with Crippen molar-refractivity contribution in [1.29, 1.82) is 5.26 Å². The molecule has 0 fully saturated rings. The van der Waals surface area contributed by atoms with E-state index in [1.165, 1.54) is 0 Å². The zero-order valence-corrected chi connectivity index (χ0v) is 10.1. The number of rotatable bonds is 3. The van der Waals surface area contributed by atoms with E-state index < -0.39 is 0 Å². The van der Waals surface area contributed by atoms with E-state index in [1.807, 2.05) is 37.3 Å². The Kier molecular flexibility index (Phi) is 3.44. The van der Waals surface area contributed by atoms with Crippen LogP contribution < -0.4 is 10.5 Å². The SMILES string of the molecule is CCOc1ccccc1-c1ccc(C#N)c(N)n1. The van der Waals surface area contributed by atoms with E-state index in [1.54, 1.807) is 12.1 Å². The van der Waals surface area contributed by atoms with Crippen molar-refractivity contribution in [1.82, 2.24) is 4.98 Å². The molecule has 1 heterocycles. The Balaban J connectivity index is 2.49. The highest BCUT2D eigenvalue weighted by molar-refractivity contribution is 5.69. The molecular weight excluding hydrogens is 226 g/mol. The van der Waals surface area contributed by atoms with Gasteiger partial charge in [-0.1, -0.05) is 12.1 Å². The molecule has 2 N–H and O–H groups in total. The van der Waals surface area contributed by atoms with Crippen LogP contribution >= 0.6 is 0 Å². The molecule has 4 heteroatoms.